The van der Waals surface area contributed by atoms with E-state index in [0.29, 0.717) is 5.75 Å². The summed E-state index contributed by atoms with van der Waals surface area (Å²) in [5.41, 5.74) is 0.218. The number of hydrogen-bond donors (Lipinski definition) is 1. The molecule has 1 amide bonds. The molecule has 0 heterocycles. The smallest absolute Gasteiger partial charge is 0.243 e. The van der Waals surface area contributed by atoms with Gasteiger partial charge in [0.1, 0.15) is 18.4 Å². The average molecular weight is 481 g/mol. The van der Waals surface area contributed by atoms with Crippen LogP contribution in [0.1, 0.15) is 6.92 Å². The molecule has 1 atom stereocenters. The van der Waals surface area contributed by atoms with Gasteiger partial charge in [-0.2, -0.15) is 0 Å². The number of amides is 1. The lowest BCUT2D eigenvalue weighted by atomic mass is 10.1. The molecule has 0 spiro atoms. The van der Waals surface area contributed by atoms with Crippen LogP contribution in [0.25, 0.3) is 10.8 Å². The van der Waals surface area contributed by atoms with Crippen molar-refractivity contribution >= 4 is 55.6 Å². The molecule has 0 saturated heterocycles. The number of sulfonamides is 1. The average Bonchev–Trinajstić information content (AvgIpc) is 2.69. The molecule has 0 aromatic heterocycles. The summed E-state index contributed by atoms with van der Waals surface area (Å²) < 4.78 is 31.4. The van der Waals surface area contributed by atoms with Crippen molar-refractivity contribution in [1.29, 1.82) is 0 Å². The predicted octanol–water partition coefficient (Wildman–Crippen LogP) is 4.50. The molecule has 164 valence electrons. The van der Waals surface area contributed by atoms with Crippen molar-refractivity contribution in [3.63, 3.8) is 0 Å². The number of carbonyl (C=O) groups excluding carboxylic acids is 1. The van der Waals surface area contributed by atoms with Crippen LogP contribution in [0.4, 0.5) is 5.69 Å². The van der Waals surface area contributed by atoms with E-state index >= 15 is 0 Å². The zero-order valence-corrected chi connectivity index (χ0v) is 19.3. The third-order valence-electron chi connectivity index (χ3n) is 4.58. The molecule has 3 aromatic carbocycles. The highest BCUT2D eigenvalue weighted by Crippen LogP contribution is 2.28. The van der Waals surface area contributed by atoms with Gasteiger partial charge in [-0.25, -0.2) is 8.42 Å². The van der Waals surface area contributed by atoms with Crippen molar-refractivity contribution in [3.05, 3.63) is 70.7 Å². The van der Waals surface area contributed by atoms with Crippen LogP contribution in [0.2, 0.25) is 10.0 Å². The van der Waals surface area contributed by atoms with E-state index in [1.807, 2.05) is 42.5 Å². The molecule has 6 nitrogen and oxygen atoms in total. The van der Waals surface area contributed by atoms with Gasteiger partial charge in [-0.1, -0.05) is 53.5 Å². The molecule has 0 fully saturated rings. The zero-order chi connectivity index (χ0) is 22.6. The van der Waals surface area contributed by atoms with Gasteiger partial charge in [0, 0.05) is 10.0 Å². The molecule has 0 aliphatic carbocycles. The molecule has 0 unspecified atom stereocenters. The van der Waals surface area contributed by atoms with Crippen LogP contribution in [0.5, 0.6) is 5.75 Å². The third kappa shape index (κ3) is 6.03. The summed E-state index contributed by atoms with van der Waals surface area (Å²) >= 11 is 12.0. The Bertz CT molecular complexity index is 1180. The zero-order valence-electron chi connectivity index (χ0n) is 17.0. The molecule has 0 aliphatic heterocycles. The second-order valence-corrected chi connectivity index (χ2v) is 9.74. The number of carbonyl (C=O) groups is 1. The largest absolute Gasteiger partial charge is 0.492 e. The van der Waals surface area contributed by atoms with Crippen molar-refractivity contribution in [3.8, 4) is 5.75 Å². The van der Waals surface area contributed by atoms with E-state index in [4.69, 9.17) is 27.9 Å². The molecule has 0 radical (unpaired) electrons. The number of nitrogens with zero attached hydrogens (tertiary/aromatic N) is 1. The molecule has 0 bridgehead atoms. The Kier molecular flexibility index (Phi) is 7.30. The van der Waals surface area contributed by atoms with Crippen LogP contribution in [0, 0.1) is 0 Å². The Hall–Kier alpha value is -2.48. The highest BCUT2D eigenvalue weighted by Gasteiger charge is 2.29. The number of rotatable bonds is 8. The maximum Gasteiger partial charge on any atom is 0.243 e. The predicted molar refractivity (Wildman–Crippen MR) is 126 cm³/mol. The Morgan fingerprint density at radius 1 is 1.03 bits per heavy atom. The number of benzene rings is 3. The highest BCUT2D eigenvalue weighted by atomic mass is 35.5. The first kappa shape index (κ1) is 23.2. The van der Waals surface area contributed by atoms with E-state index in [2.05, 4.69) is 5.32 Å². The van der Waals surface area contributed by atoms with Crippen LogP contribution < -0.4 is 14.4 Å². The molecule has 0 saturated carbocycles. The van der Waals surface area contributed by atoms with Crippen molar-refractivity contribution in [2.24, 2.45) is 0 Å². The van der Waals surface area contributed by atoms with Crippen molar-refractivity contribution in [1.82, 2.24) is 5.32 Å². The van der Waals surface area contributed by atoms with Gasteiger partial charge in [-0.05, 0) is 48.0 Å². The summed E-state index contributed by atoms with van der Waals surface area (Å²) in [6.07, 6.45) is 1.02. The van der Waals surface area contributed by atoms with Gasteiger partial charge in [0.15, 0.2) is 0 Å². The lowest BCUT2D eigenvalue weighted by Crippen LogP contribution is -2.48. The van der Waals surface area contributed by atoms with Crippen molar-refractivity contribution < 1.29 is 17.9 Å². The number of anilines is 1. The van der Waals surface area contributed by atoms with E-state index in [-0.39, 0.29) is 28.9 Å². The fraction of sp³-hybridized carbons (Fsp3) is 0.227. The van der Waals surface area contributed by atoms with Gasteiger partial charge in [-0.15, -0.1) is 0 Å². The minimum absolute atomic E-state index is 0.212. The molecule has 3 rings (SSSR count). The minimum Gasteiger partial charge on any atom is -0.492 e. The normalized spacial score (nSPS) is 12.4. The molecule has 3 aromatic rings. The fourth-order valence-corrected chi connectivity index (χ4v) is 4.90. The van der Waals surface area contributed by atoms with Crippen molar-refractivity contribution in [2.75, 3.05) is 23.7 Å². The maximum atomic E-state index is 12.6. The van der Waals surface area contributed by atoms with E-state index in [9.17, 15) is 13.2 Å². The van der Waals surface area contributed by atoms with E-state index in [0.717, 1.165) is 21.3 Å². The van der Waals surface area contributed by atoms with E-state index < -0.39 is 22.0 Å². The van der Waals surface area contributed by atoms with Gasteiger partial charge in [0.05, 0.1) is 18.5 Å². The summed E-state index contributed by atoms with van der Waals surface area (Å²) in [6.45, 7) is 1.94. The summed E-state index contributed by atoms with van der Waals surface area (Å²) in [4.78, 5) is 12.6. The molecular weight excluding hydrogens is 459 g/mol. The summed E-state index contributed by atoms with van der Waals surface area (Å²) in [5, 5.41) is 5.41. The summed E-state index contributed by atoms with van der Waals surface area (Å²) in [6, 6.07) is 17.1. The number of hydrogen-bond acceptors (Lipinski definition) is 4. The topological polar surface area (TPSA) is 75.7 Å². The van der Waals surface area contributed by atoms with E-state index in [1.54, 1.807) is 0 Å². The van der Waals surface area contributed by atoms with Crippen LogP contribution in [-0.2, 0) is 14.8 Å². The Morgan fingerprint density at radius 2 is 1.68 bits per heavy atom. The first-order valence-corrected chi connectivity index (χ1v) is 12.1. The molecule has 31 heavy (non-hydrogen) atoms. The SMILES string of the molecule is C[C@H](C(=O)NCCOc1ccc2ccccc2c1)N(c1cc(Cl)cc(Cl)c1)S(C)(=O)=O. The van der Waals surface area contributed by atoms with Crippen LogP contribution >= 0.6 is 23.2 Å². The fourth-order valence-electron chi connectivity index (χ4n) is 3.22. The van der Waals surface area contributed by atoms with E-state index in [1.165, 1.54) is 25.1 Å². The molecule has 9 heteroatoms. The van der Waals surface area contributed by atoms with Crippen LogP contribution in [0.15, 0.2) is 60.7 Å². The first-order chi connectivity index (χ1) is 14.6. The number of fused-ring (bicyclic) bond motifs is 1. The lowest BCUT2D eigenvalue weighted by Gasteiger charge is -2.28. The minimum atomic E-state index is -3.77. The molecule has 1 N–H and O–H groups in total. The Morgan fingerprint density at radius 3 is 2.32 bits per heavy atom. The maximum absolute atomic E-state index is 12.6. The monoisotopic (exact) mass is 480 g/mol. The second-order valence-electron chi connectivity index (χ2n) is 7.01. The Balaban J connectivity index is 1.62. The summed E-state index contributed by atoms with van der Waals surface area (Å²) in [5.74, 6) is 0.218. The quantitative estimate of drug-likeness (QED) is 0.481. The van der Waals surface area contributed by atoms with Crippen molar-refractivity contribution in [2.45, 2.75) is 13.0 Å². The van der Waals surface area contributed by atoms with Gasteiger partial charge in [0.25, 0.3) is 0 Å². The van der Waals surface area contributed by atoms with Gasteiger partial charge in [0.2, 0.25) is 15.9 Å². The number of ether oxygens (including phenoxy) is 1. The second kappa shape index (κ2) is 9.77. The van der Waals surface area contributed by atoms with Crippen LogP contribution in [-0.4, -0.2) is 39.8 Å². The van der Waals surface area contributed by atoms with Crippen LogP contribution in [0.3, 0.4) is 0 Å². The first-order valence-electron chi connectivity index (χ1n) is 9.50. The van der Waals surface area contributed by atoms with Gasteiger partial charge in [-0.3, -0.25) is 9.10 Å². The van der Waals surface area contributed by atoms with Gasteiger partial charge < -0.3 is 10.1 Å². The third-order valence-corrected chi connectivity index (χ3v) is 6.26. The number of halogens is 2. The molecule has 0 aliphatic rings. The lowest BCUT2D eigenvalue weighted by molar-refractivity contribution is -0.121. The number of nitrogens with one attached hydrogen (secondary N) is 1. The summed E-state index contributed by atoms with van der Waals surface area (Å²) in [7, 11) is -3.77. The molecular formula is C22H22Cl2N2O4S. The standard InChI is InChI=1S/C22H22Cl2N2O4S/c1-15(26(31(2,28)29)20-13-18(23)12-19(24)14-20)22(27)25-9-10-30-21-8-7-16-5-3-4-6-17(16)11-21/h3-8,11-15H,9-10H2,1-2H3,(H,25,27)/t15-/m1/s1. The van der Waals surface area contributed by atoms with Gasteiger partial charge >= 0.3 is 0 Å². The Labute approximate surface area is 191 Å². The highest BCUT2D eigenvalue weighted by molar-refractivity contribution is 7.92.